The van der Waals surface area contributed by atoms with Crippen molar-refractivity contribution in [3.8, 4) is 17.0 Å². The molecule has 0 amide bonds. The largest absolute Gasteiger partial charge is 0.378 e. The first kappa shape index (κ1) is 24.5. The summed E-state index contributed by atoms with van der Waals surface area (Å²) in [4.78, 5) is 14.9. The maximum Gasteiger partial charge on any atom is 0.339 e. The first-order valence-corrected chi connectivity index (χ1v) is 13.3. The van der Waals surface area contributed by atoms with E-state index in [4.69, 9.17) is 9.17 Å². The van der Waals surface area contributed by atoms with Crippen molar-refractivity contribution in [1.29, 1.82) is 0 Å². The van der Waals surface area contributed by atoms with Crippen LogP contribution in [0.1, 0.15) is 5.56 Å². The van der Waals surface area contributed by atoms with E-state index < -0.39 is 15.0 Å². The number of hydrogen-bond acceptors (Lipinski definition) is 7. The van der Waals surface area contributed by atoms with Gasteiger partial charge in [0.15, 0.2) is 5.75 Å². The summed E-state index contributed by atoms with van der Waals surface area (Å²) in [5, 5.41) is 14.4. The van der Waals surface area contributed by atoms with E-state index in [9.17, 15) is 18.5 Å². The van der Waals surface area contributed by atoms with Gasteiger partial charge in [-0.25, -0.2) is 4.98 Å². The minimum absolute atomic E-state index is 0.0751. The topological polar surface area (TPSA) is 116 Å². The molecule has 0 saturated heterocycles. The summed E-state index contributed by atoms with van der Waals surface area (Å²) in [5.41, 5.74) is 2.46. The molecular formula is C26H19BrN4O5S. The Morgan fingerprint density at radius 3 is 2.38 bits per heavy atom. The Hall–Kier alpha value is -4.22. The normalized spacial score (nSPS) is 11.4. The maximum atomic E-state index is 13.0. The van der Waals surface area contributed by atoms with Crippen LogP contribution in [0.4, 0.5) is 11.5 Å². The van der Waals surface area contributed by atoms with Gasteiger partial charge >= 0.3 is 10.1 Å². The van der Waals surface area contributed by atoms with Gasteiger partial charge in [0.1, 0.15) is 22.1 Å². The fraction of sp³-hybridized carbons (Fsp3) is 0.0385. The lowest BCUT2D eigenvalue weighted by molar-refractivity contribution is -0.384. The second-order valence-electron chi connectivity index (χ2n) is 8.01. The Balaban J connectivity index is 1.56. The van der Waals surface area contributed by atoms with Gasteiger partial charge in [-0.2, -0.15) is 8.42 Å². The van der Waals surface area contributed by atoms with Gasteiger partial charge in [-0.3, -0.25) is 14.5 Å². The molecule has 186 valence electrons. The van der Waals surface area contributed by atoms with Crippen LogP contribution in [0.25, 0.3) is 16.9 Å². The van der Waals surface area contributed by atoms with E-state index in [1.165, 1.54) is 0 Å². The van der Waals surface area contributed by atoms with Crippen LogP contribution in [-0.4, -0.2) is 22.7 Å². The number of hydrogen-bond donors (Lipinski definition) is 1. The van der Waals surface area contributed by atoms with E-state index in [1.54, 1.807) is 24.3 Å². The van der Waals surface area contributed by atoms with Crippen LogP contribution in [0.5, 0.6) is 5.75 Å². The fourth-order valence-electron chi connectivity index (χ4n) is 3.79. The number of nitrogens with zero attached hydrogens (tertiary/aromatic N) is 3. The minimum atomic E-state index is -4.28. The molecule has 0 aliphatic rings. The van der Waals surface area contributed by atoms with Gasteiger partial charge in [0, 0.05) is 34.9 Å². The van der Waals surface area contributed by atoms with Crippen molar-refractivity contribution in [3.63, 3.8) is 0 Å². The zero-order chi connectivity index (χ0) is 26.0. The van der Waals surface area contributed by atoms with E-state index in [-0.39, 0.29) is 16.3 Å². The molecule has 0 fully saturated rings. The van der Waals surface area contributed by atoms with Crippen molar-refractivity contribution >= 4 is 43.2 Å². The van der Waals surface area contributed by atoms with E-state index in [0.717, 1.165) is 34.3 Å². The fourth-order valence-corrected chi connectivity index (χ4v) is 5.08. The average Bonchev–Trinajstić information content (AvgIpc) is 3.25. The van der Waals surface area contributed by atoms with E-state index in [0.29, 0.717) is 29.3 Å². The smallest absolute Gasteiger partial charge is 0.339 e. The van der Waals surface area contributed by atoms with Crippen molar-refractivity contribution in [1.82, 2.24) is 9.38 Å². The summed E-state index contributed by atoms with van der Waals surface area (Å²) in [6.45, 7) is 0.512. The van der Waals surface area contributed by atoms with E-state index >= 15 is 0 Å². The number of aromatic nitrogens is 2. The third-order valence-electron chi connectivity index (χ3n) is 5.56. The van der Waals surface area contributed by atoms with Crippen LogP contribution in [-0.2, 0) is 16.7 Å². The number of nitro benzene ring substituents is 1. The molecule has 0 atom stereocenters. The molecule has 0 bridgehead atoms. The number of nitrogens with one attached hydrogen (secondary N) is 1. The standard InChI is InChI=1S/C26H19BrN4O5S/c27-19-10-15-24-29-25(26(30(24)17-19)28-16-18-6-2-1-3-7-18)22-8-4-5-9-23(22)36-37(34,35)21-13-11-20(12-14-21)31(32)33/h1-15,17,28H,16H2. The summed E-state index contributed by atoms with van der Waals surface area (Å²) in [6.07, 6.45) is 1.87. The molecule has 9 nitrogen and oxygen atoms in total. The van der Waals surface area contributed by atoms with Crippen molar-refractivity contribution in [2.24, 2.45) is 0 Å². The quantitative estimate of drug-likeness (QED) is 0.135. The second-order valence-corrected chi connectivity index (χ2v) is 10.5. The second kappa shape index (κ2) is 10.0. The van der Waals surface area contributed by atoms with E-state index in [1.807, 2.05) is 53.1 Å². The van der Waals surface area contributed by atoms with Gasteiger partial charge in [0.2, 0.25) is 0 Å². The highest BCUT2D eigenvalue weighted by molar-refractivity contribution is 9.10. The lowest BCUT2D eigenvalue weighted by Crippen LogP contribution is -2.11. The maximum absolute atomic E-state index is 13.0. The first-order valence-electron chi connectivity index (χ1n) is 11.1. The summed E-state index contributed by atoms with van der Waals surface area (Å²) in [5.74, 6) is 0.732. The predicted molar refractivity (Wildman–Crippen MR) is 143 cm³/mol. The SMILES string of the molecule is O=[N+]([O-])c1ccc(S(=O)(=O)Oc2ccccc2-c2nc3ccc(Br)cn3c2NCc2ccccc2)cc1. The lowest BCUT2D eigenvalue weighted by Gasteiger charge is -2.13. The number of rotatable bonds is 8. The van der Waals surface area contributed by atoms with Gasteiger partial charge < -0.3 is 9.50 Å². The van der Waals surface area contributed by atoms with Crippen LogP contribution in [0.3, 0.4) is 0 Å². The number of fused-ring (bicyclic) bond motifs is 1. The monoisotopic (exact) mass is 578 g/mol. The lowest BCUT2D eigenvalue weighted by atomic mass is 10.1. The molecule has 3 aromatic carbocycles. The van der Waals surface area contributed by atoms with Crippen molar-refractivity contribution < 1.29 is 17.5 Å². The molecule has 0 spiro atoms. The summed E-state index contributed by atoms with van der Waals surface area (Å²) >= 11 is 3.50. The Morgan fingerprint density at radius 2 is 1.65 bits per heavy atom. The number of pyridine rings is 1. The molecule has 5 aromatic rings. The molecule has 0 saturated carbocycles. The number of nitro groups is 1. The Kier molecular flexibility index (Phi) is 6.64. The van der Waals surface area contributed by atoms with Crippen LogP contribution in [0.15, 0.2) is 107 Å². The number of anilines is 1. The van der Waals surface area contributed by atoms with Crippen molar-refractivity contribution in [3.05, 3.63) is 117 Å². The Morgan fingerprint density at radius 1 is 0.946 bits per heavy atom. The average molecular weight is 579 g/mol. The van der Waals surface area contributed by atoms with Gasteiger partial charge in [-0.15, -0.1) is 0 Å². The number of benzene rings is 3. The van der Waals surface area contributed by atoms with Crippen LogP contribution in [0, 0.1) is 10.1 Å². The van der Waals surface area contributed by atoms with Crippen LogP contribution < -0.4 is 9.50 Å². The molecule has 0 radical (unpaired) electrons. The third-order valence-corrected chi connectivity index (χ3v) is 7.28. The minimum Gasteiger partial charge on any atom is -0.378 e. The van der Waals surface area contributed by atoms with Gasteiger partial charge in [-0.1, -0.05) is 42.5 Å². The molecule has 0 aliphatic carbocycles. The van der Waals surface area contributed by atoms with Crippen molar-refractivity contribution in [2.45, 2.75) is 11.4 Å². The summed E-state index contributed by atoms with van der Waals surface area (Å²) < 4.78 is 34.3. The molecule has 2 aromatic heterocycles. The Bertz CT molecular complexity index is 1700. The molecular weight excluding hydrogens is 560 g/mol. The molecule has 37 heavy (non-hydrogen) atoms. The molecule has 11 heteroatoms. The number of para-hydroxylation sites is 1. The number of non-ortho nitro benzene ring substituents is 1. The number of halogens is 1. The first-order chi connectivity index (χ1) is 17.8. The molecule has 2 heterocycles. The highest BCUT2D eigenvalue weighted by Gasteiger charge is 2.23. The highest BCUT2D eigenvalue weighted by Crippen LogP contribution is 2.37. The van der Waals surface area contributed by atoms with Crippen LogP contribution >= 0.6 is 15.9 Å². The number of imidazole rings is 1. The summed E-state index contributed by atoms with van der Waals surface area (Å²) in [6, 6.07) is 24.8. The van der Waals surface area contributed by atoms with Gasteiger partial charge in [-0.05, 0) is 57.9 Å². The van der Waals surface area contributed by atoms with E-state index in [2.05, 4.69) is 21.2 Å². The van der Waals surface area contributed by atoms with Crippen molar-refractivity contribution in [2.75, 3.05) is 5.32 Å². The molecule has 0 aliphatic heterocycles. The Labute approximate surface area is 220 Å². The molecule has 5 rings (SSSR count). The molecule has 0 unspecified atom stereocenters. The van der Waals surface area contributed by atoms with Gasteiger partial charge in [0.25, 0.3) is 5.69 Å². The summed E-state index contributed by atoms with van der Waals surface area (Å²) in [7, 11) is -4.28. The third kappa shape index (κ3) is 5.18. The highest BCUT2D eigenvalue weighted by atomic mass is 79.9. The van der Waals surface area contributed by atoms with Gasteiger partial charge in [0.05, 0.1) is 4.92 Å². The zero-order valence-electron chi connectivity index (χ0n) is 19.1. The zero-order valence-corrected chi connectivity index (χ0v) is 21.5. The van der Waals surface area contributed by atoms with Crippen LogP contribution in [0.2, 0.25) is 0 Å². The molecule has 1 N–H and O–H groups in total. The predicted octanol–water partition coefficient (Wildman–Crippen LogP) is 6.05.